The second-order valence-electron chi connectivity index (χ2n) is 5.37. The first-order valence-corrected chi connectivity index (χ1v) is 7.37. The first-order chi connectivity index (χ1) is 10.6. The van der Waals surface area contributed by atoms with Gasteiger partial charge in [0.25, 0.3) is 0 Å². The van der Waals surface area contributed by atoms with Gasteiger partial charge in [-0.25, -0.2) is 0 Å². The van der Waals surface area contributed by atoms with Crippen molar-refractivity contribution in [3.63, 3.8) is 0 Å². The molecule has 2 aromatic rings. The van der Waals surface area contributed by atoms with Gasteiger partial charge >= 0.3 is 0 Å². The van der Waals surface area contributed by atoms with E-state index in [1.54, 1.807) is 0 Å². The average molecular weight is 335 g/mol. The Balaban J connectivity index is 0.00000264. The lowest BCUT2D eigenvalue weighted by atomic mass is 10.1. The number of carbonyl (C=O) groups is 1. The Bertz CT molecular complexity index is 622. The Hall–Kier alpha value is -2.04. The Morgan fingerprint density at radius 2 is 1.70 bits per heavy atom. The normalized spacial score (nSPS) is 9.87. The van der Waals surface area contributed by atoms with Crippen LogP contribution in [0.15, 0.2) is 42.5 Å². The molecule has 0 heterocycles. The topological polar surface area (TPSA) is 64.3 Å². The first kappa shape index (κ1) is 19.0. The Morgan fingerprint density at radius 3 is 2.26 bits per heavy atom. The molecular formula is C18H23ClN2O2. The highest BCUT2D eigenvalue weighted by atomic mass is 35.5. The summed E-state index contributed by atoms with van der Waals surface area (Å²) in [6.45, 7) is 4.91. The SMILES string of the molecule is Cc1cc(C)cc(OCCC(=O)Nc2ccc(CN)cc2)c1.Cl. The Morgan fingerprint density at radius 1 is 1.09 bits per heavy atom. The van der Waals surface area contributed by atoms with Crippen LogP contribution in [0.4, 0.5) is 5.69 Å². The van der Waals surface area contributed by atoms with Gasteiger partial charge in [0, 0.05) is 12.2 Å². The van der Waals surface area contributed by atoms with Crippen LogP contribution in [-0.4, -0.2) is 12.5 Å². The Kier molecular flexibility index (Phi) is 7.59. The number of carbonyl (C=O) groups excluding carboxylic acids is 1. The van der Waals surface area contributed by atoms with E-state index >= 15 is 0 Å². The molecule has 0 saturated heterocycles. The van der Waals surface area contributed by atoms with Gasteiger partial charge in [-0.2, -0.15) is 0 Å². The lowest BCUT2D eigenvalue weighted by Gasteiger charge is -2.09. The van der Waals surface area contributed by atoms with Crippen molar-refractivity contribution in [3.8, 4) is 5.75 Å². The van der Waals surface area contributed by atoms with Crippen molar-refractivity contribution in [2.45, 2.75) is 26.8 Å². The summed E-state index contributed by atoms with van der Waals surface area (Å²) in [6.07, 6.45) is 0.311. The molecule has 0 fully saturated rings. The molecule has 0 bridgehead atoms. The summed E-state index contributed by atoms with van der Waals surface area (Å²) in [7, 11) is 0. The summed E-state index contributed by atoms with van der Waals surface area (Å²) < 4.78 is 5.64. The number of ether oxygens (including phenoxy) is 1. The van der Waals surface area contributed by atoms with Crippen molar-refractivity contribution in [1.82, 2.24) is 0 Å². The standard InChI is InChI=1S/C18H22N2O2.ClH/c1-13-9-14(2)11-17(10-13)22-8-7-18(21)20-16-5-3-15(12-19)4-6-16;/h3-6,9-11H,7-8,12,19H2,1-2H3,(H,20,21);1H. The predicted molar refractivity (Wildman–Crippen MR) is 96.2 cm³/mol. The maximum Gasteiger partial charge on any atom is 0.227 e. The molecule has 2 rings (SSSR count). The molecule has 0 aromatic heterocycles. The van der Waals surface area contributed by atoms with Gasteiger partial charge in [0.05, 0.1) is 13.0 Å². The zero-order valence-electron chi connectivity index (χ0n) is 13.5. The summed E-state index contributed by atoms with van der Waals surface area (Å²) in [5, 5.41) is 2.84. The molecule has 2 aromatic carbocycles. The van der Waals surface area contributed by atoms with Crippen LogP contribution in [-0.2, 0) is 11.3 Å². The van der Waals surface area contributed by atoms with Gasteiger partial charge in [-0.3, -0.25) is 4.79 Å². The van der Waals surface area contributed by atoms with Crippen LogP contribution in [0.2, 0.25) is 0 Å². The molecule has 5 heteroatoms. The van der Waals surface area contributed by atoms with Crippen molar-refractivity contribution in [3.05, 3.63) is 59.2 Å². The maximum atomic E-state index is 11.9. The van der Waals surface area contributed by atoms with Gasteiger partial charge in [-0.1, -0.05) is 18.2 Å². The van der Waals surface area contributed by atoms with Crippen LogP contribution in [0.3, 0.4) is 0 Å². The number of hydrogen-bond donors (Lipinski definition) is 2. The molecule has 3 N–H and O–H groups in total. The number of anilines is 1. The number of rotatable bonds is 6. The minimum Gasteiger partial charge on any atom is -0.493 e. The number of nitrogens with one attached hydrogen (secondary N) is 1. The van der Waals surface area contributed by atoms with Crippen molar-refractivity contribution in [2.75, 3.05) is 11.9 Å². The number of hydrogen-bond acceptors (Lipinski definition) is 3. The highest BCUT2D eigenvalue weighted by Crippen LogP contribution is 2.16. The van der Waals surface area contributed by atoms with Crippen LogP contribution < -0.4 is 15.8 Å². The third kappa shape index (κ3) is 6.30. The van der Waals surface area contributed by atoms with E-state index < -0.39 is 0 Å². The van der Waals surface area contributed by atoms with Gasteiger partial charge in [-0.05, 0) is 54.8 Å². The van der Waals surface area contributed by atoms with E-state index in [1.165, 1.54) is 0 Å². The van der Waals surface area contributed by atoms with Gasteiger partial charge in [0.1, 0.15) is 5.75 Å². The largest absolute Gasteiger partial charge is 0.493 e. The van der Waals surface area contributed by atoms with Gasteiger partial charge in [0.2, 0.25) is 5.91 Å². The van der Waals surface area contributed by atoms with E-state index in [-0.39, 0.29) is 18.3 Å². The molecule has 0 spiro atoms. The summed E-state index contributed by atoms with van der Waals surface area (Å²) in [4.78, 5) is 11.9. The molecule has 0 aliphatic carbocycles. The van der Waals surface area contributed by atoms with E-state index in [2.05, 4.69) is 11.4 Å². The van der Waals surface area contributed by atoms with Crippen LogP contribution >= 0.6 is 12.4 Å². The van der Waals surface area contributed by atoms with E-state index in [0.29, 0.717) is 19.6 Å². The second-order valence-corrected chi connectivity index (χ2v) is 5.37. The van der Waals surface area contributed by atoms with Crippen LogP contribution in [0, 0.1) is 13.8 Å². The fraction of sp³-hybridized carbons (Fsp3) is 0.278. The quantitative estimate of drug-likeness (QED) is 0.848. The van der Waals surface area contributed by atoms with Gasteiger partial charge in [0.15, 0.2) is 0 Å². The molecule has 1 amide bonds. The van der Waals surface area contributed by atoms with Crippen molar-refractivity contribution < 1.29 is 9.53 Å². The lowest BCUT2D eigenvalue weighted by Crippen LogP contribution is -2.15. The zero-order chi connectivity index (χ0) is 15.9. The van der Waals surface area contributed by atoms with Crippen LogP contribution in [0.5, 0.6) is 5.75 Å². The summed E-state index contributed by atoms with van der Waals surface area (Å²) in [6, 6.07) is 13.5. The molecule has 0 saturated carbocycles. The van der Waals surface area contributed by atoms with Crippen molar-refractivity contribution >= 4 is 24.0 Å². The number of amides is 1. The minimum atomic E-state index is -0.0649. The molecular weight excluding hydrogens is 312 g/mol. The molecule has 23 heavy (non-hydrogen) atoms. The van der Waals surface area contributed by atoms with Crippen molar-refractivity contribution in [1.29, 1.82) is 0 Å². The molecule has 0 aliphatic heterocycles. The maximum absolute atomic E-state index is 11.9. The van der Waals surface area contributed by atoms with E-state index in [0.717, 1.165) is 28.1 Å². The van der Waals surface area contributed by atoms with Crippen LogP contribution in [0.25, 0.3) is 0 Å². The van der Waals surface area contributed by atoms with Gasteiger partial charge in [-0.15, -0.1) is 12.4 Å². The number of halogens is 1. The smallest absolute Gasteiger partial charge is 0.227 e. The fourth-order valence-electron chi connectivity index (χ4n) is 2.23. The Labute approximate surface area is 143 Å². The molecule has 0 aliphatic rings. The third-order valence-corrected chi connectivity index (χ3v) is 3.27. The summed E-state index contributed by atoms with van der Waals surface area (Å²) in [5.41, 5.74) is 9.65. The number of nitrogens with two attached hydrogens (primary N) is 1. The number of aryl methyl sites for hydroxylation is 2. The molecule has 4 nitrogen and oxygen atoms in total. The highest BCUT2D eigenvalue weighted by Gasteiger charge is 2.04. The average Bonchev–Trinajstić information content (AvgIpc) is 2.47. The predicted octanol–water partition coefficient (Wildman–Crippen LogP) is 3.59. The molecule has 0 unspecified atom stereocenters. The van der Waals surface area contributed by atoms with Crippen LogP contribution in [0.1, 0.15) is 23.1 Å². The van der Waals surface area contributed by atoms with E-state index in [4.69, 9.17) is 10.5 Å². The van der Waals surface area contributed by atoms with Gasteiger partial charge < -0.3 is 15.8 Å². The molecule has 0 atom stereocenters. The summed E-state index contributed by atoms with van der Waals surface area (Å²) in [5.74, 6) is 0.738. The zero-order valence-corrected chi connectivity index (χ0v) is 14.3. The summed E-state index contributed by atoms with van der Waals surface area (Å²) >= 11 is 0. The first-order valence-electron chi connectivity index (χ1n) is 7.37. The molecule has 0 radical (unpaired) electrons. The monoisotopic (exact) mass is 334 g/mol. The minimum absolute atomic E-state index is 0. The van der Waals surface area contributed by atoms with E-state index in [1.807, 2.05) is 50.2 Å². The lowest BCUT2D eigenvalue weighted by molar-refractivity contribution is -0.116. The fourth-order valence-corrected chi connectivity index (χ4v) is 2.23. The van der Waals surface area contributed by atoms with Crippen molar-refractivity contribution in [2.24, 2.45) is 5.73 Å². The van der Waals surface area contributed by atoms with E-state index in [9.17, 15) is 4.79 Å². The number of benzene rings is 2. The second kappa shape index (κ2) is 9.18. The molecule has 124 valence electrons. The highest BCUT2D eigenvalue weighted by molar-refractivity contribution is 5.90. The third-order valence-electron chi connectivity index (χ3n) is 3.27.